The molecule has 0 saturated heterocycles. The topological polar surface area (TPSA) is 90.3 Å². The first kappa shape index (κ1) is 20.9. The molecule has 9 heteroatoms. The van der Waals surface area contributed by atoms with Crippen LogP contribution in [0.1, 0.15) is 17.3 Å². The summed E-state index contributed by atoms with van der Waals surface area (Å²) in [6, 6.07) is 9.54. The van der Waals surface area contributed by atoms with Crippen molar-refractivity contribution >= 4 is 33.0 Å². The Morgan fingerprint density at radius 3 is 2.62 bits per heavy atom. The minimum atomic E-state index is -3.45. The van der Waals surface area contributed by atoms with E-state index in [0.717, 1.165) is 11.9 Å². The van der Waals surface area contributed by atoms with E-state index >= 15 is 0 Å². The predicted octanol–water partition coefficient (Wildman–Crippen LogP) is 3.80. The summed E-state index contributed by atoms with van der Waals surface area (Å²) in [5.74, 6) is 0.283. The third kappa shape index (κ3) is 4.96. The highest BCUT2D eigenvalue weighted by Gasteiger charge is 2.15. The van der Waals surface area contributed by atoms with Crippen LogP contribution in [-0.2, 0) is 16.9 Å². The number of carbonyl (C=O) groups excluding carboxylic acids is 1. The fourth-order valence-electron chi connectivity index (χ4n) is 2.78. The van der Waals surface area contributed by atoms with Crippen molar-refractivity contribution in [1.29, 1.82) is 0 Å². The van der Waals surface area contributed by atoms with Crippen molar-refractivity contribution in [3.05, 3.63) is 59.4 Å². The van der Waals surface area contributed by atoms with E-state index in [4.69, 9.17) is 16.3 Å². The van der Waals surface area contributed by atoms with Crippen molar-refractivity contribution in [1.82, 2.24) is 9.55 Å². The summed E-state index contributed by atoms with van der Waals surface area (Å²) >= 11 is 5.99. The van der Waals surface area contributed by atoms with Crippen LogP contribution in [0.3, 0.4) is 0 Å². The van der Waals surface area contributed by atoms with E-state index in [9.17, 15) is 13.2 Å². The maximum atomic E-state index is 12.7. The minimum Gasteiger partial charge on any atom is -0.492 e. The Morgan fingerprint density at radius 2 is 2.00 bits per heavy atom. The Morgan fingerprint density at radius 1 is 1.24 bits per heavy atom. The van der Waals surface area contributed by atoms with Gasteiger partial charge in [-0.3, -0.25) is 9.78 Å². The fraction of sp³-hybridized carbons (Fsp3) is 0.200. The molecule has 2 heterocycles. The molecule has 0 atom stereocenters. The molecular weight excluding hydrogens is 414 g/mol. The summed E-state index contributed by atoms with van der Waals surface area (Å²) in [5.41, 5.74) is 2.14. The Kier molecular flexibility index (Phi) is 5.95. The van der Waals surface area contributed by atoms with Gasteiger partial charge in [-0.1, -0.05) is 11.6 Å². The zero-order valence-corrected chi connectivity index (χ0v) is 17.7. The normalized spacial score (nSPS) is 11.3. The molecule has 0 spiro atoms. The monoisotopic (exact) mass is 433 g/mol. The molecule has 0 saturated carbocycles. The third-order valence-electron chi connectivity index (χ3n) is 4.13. The first-order chi connectivity index (χ1) is 13.7. The summed E-state index contributed by atoms with van der Waals surface area (Å²) < 4.78 is 30.7. The number of hydrogen-bond acceptors (Lipinski definition) is 5. The number of aryl methyl sites for hydroxylation is 1. The van der Waals surface area contributed by atoms with E-state index in [2.05, 4.69) is 10.3 Å². The fourth-order valence-corrected chi connectivity index (χ4v) is 3.76. The number of sulfone groups is 1. The van der Waals surface area contributed by atoms with Crippen LogP contribution in [0.5, 0.6) is 5.75 Å². The molecule has 7 nitrogen and oxygen atoms in total. The van der Waals surface area contributed by atoms with Gasteiger partial charge in [0.05, 0.1) is 34.7 Å². The van der Waals surface area contributed by atoms with Crippen molar-refractivity contribution in [2.45, 2.75) is 11.8 Å². The van der Waals surface area contributed by atoms with Crippen LogP contribution in [0.2, 0.25) is 5.02 Å². The van der Waals surface area contributed by atoms with E-state index in [0.29, 0.717) is 29.3 Å². The minimum absolute atomic E-state index is 0.0349. The maximum Gasteiger partial charge on any atom is 0.257 e. The molecule has 0 radical (unpaired) electrons. The van der Waals surface area contributed by atoms with E-state index in [-0.39, 0.29) is 15.8 Å². The van der Waals surface area contributed by atoms with Gasteiger partial charge in [0.25, 0.3) is 5.91 Å². The van der Waals surface area contributed by atoms with Crippen molar-refractivity contribution in [3.8, 4) is 17.1 Å². The van der Waals surface area contributed by atoms with Gasteiger partial charge in [0.15, 0.2) is 9.84 Å². The Bertz CT molecular complexity index is 1150. The highest BCUT2D eigenvalue weighted by molar-refractivity contribution is 7.90. The van der Waals surface area contributed by atoms with Gasteiger partial charge >= 0.3 is 0 Å². The van der Waals surface area contributed by atoms with Gasteiger partial charge in [-0.25, -0.2) is 8.42 Å². The molecule has 1 amide bonds. The number of benzene rings is 1. The number of nitrogens with one attached hydrogen (secondary N) is 1. The molecule has 0 bridgehead atoms. The summed E-state index contributed by atoms with van der Waals surface area (Å²) in [6.45, 7) is 2.45. The van der Waals surface area contributed by atoms with Crippen LogP contribution < -0.4 is 10.1 Å². The standard InChI is InChI=1S/C20H20ClN3O4S/c1-4-28-16-5-6-18(22-11-16)19-7-13(12-24(19)2)20(25)23-15-8-14(21)9-17(10-15)29(3,26)27/h5-12H,4H2,1-3H3,(H,23,25). The zero-order valence-electron chi connectivity index (χ0n) is 16.1. The van der Waals surface area contributed by atoms with Gasteiger partial charge in [0, 0.05) is 30.2 Å². The molecule has 0 fully saturated rings. The molecule has 152 valence electrons. The van der Waals surface area contributed by atoms with Crippen molar-refractivity contribution in [2.24, 2.45) is 7.05 Å². The lowest BCUT2D eigenvalue weighted by Crippen LogP contribution is -2.11. The summed E-state index contributed by atoms with van der Waals surface area (Å²) in [4.78, 5) is 17.1. The Balaban J connectivity index is 1.84. The van der Waals surface area contributed by atoms with Crippen molar-refractivity contribution < 1.29 is 17.9 Å². The second-order valence-electron chi connectivity index (χ2n) is 6.44. The lowest BCUT2D eigenvalue weighted by atomic mass is 10.2. The predicted molar refractivity (Wildman–Crippen MR) is 112 cm³/mol. The summed E-state index contributed by atoms with van der Waals surface area (Å²) in [6.07, 6.45) is 4.38. The van der Waals surface area contributed by atoms with Gasteiger partial charge in [-0.05, 0) is 43.3 Å². The molecule has 1 aromatic carbocycles. The number of halogens is 1. The number of anilines is 1. The summed E-state index contributed by atoms with van der Waals surface area (Å²) in [7, 11) is -1.64. The molecule has 3 aromatic rings. The quantitative estimate of drug-likeness (QED) is 0.638. The first-order valence-electron chi connectivity index (χ1n) is 8.75. The molecule has 2 aromatic heterocycles. The summed E-state index contributed by atoms with van der Waals surface area (Å²) in [5, 5.41) is 2.91. The average Bonchev–Trinajstić information content (AvgIpc) is 3.03. The largest absolute Gasteiger partial charge is 0.492 e. The second kappa shape index (κ2) is 8.26. The van der Waals surface area contributed by atoms with Crippen LogP contribution >= 0.6 is 11.6 Å². The zero-order chi connectivity index (χ0) is 21.2. The molecule has 3 rings (SSSR count). The lowest BCUT2D eigenvalue weighted by Gasteiger charge is -2.07. The second-order valence-corrected chi connectivity index (χ2v) is 8.89. The smallest absolute Gasteiger partial charge is 0.257 e. The molecule has 1 N–H and O–H groups in total. The average molecular weight is 434 g/mol. The van der Waals surface area contributed by atoms with E-state index in [1.807, 2.05) is 26.1 Å². The Hall–Kier alpha value is -2.84. The number of rotatable bonds is 6. The van der Waals surface area contributed by atoms with E-state index in [1.165, 1.54) is 18.2 Å². The van der Waals surface area contributed by atoms with Gasteiger partial charge in [0.2, 0.25) is 0 Å². The first-order valence-corrected chi connectivity index (χ1v) is 11.0. The number of aromatic nitrogens is 2. The molecule has 0 unspecified atom stereocenters. The number of carbonyl (C=O) groups is 1. The van der Waals surface area contributed by atoms with Gasteiger partial charge in [-0.2, -0.15) is 0 Å². The van der Waals surface area contributed by atoms with Gasteiger partial charge < -0.3 is 14.6 Å². The molecule has 0 aliphatic rings. The van der Waals surface area contributed by atoms with Gasteiger partial charge in [0.1, 0.15) is 5.75 Å². The SMILES string of the molecule is CCOc1ccc(-c2cc(C(=O)Nc3cc(Cl)cc(S(C)(=O)=O)c3)cn2C)nc1. The number of amides is 1. The van der Waals surface area contributed by atoms with E-state index in [1.54, 1.807) is 23.0 Å². The van der Waals surface area contributed by atoms with Crippen molar-refractivity contribution in [3.63, 3.8) is 0 Å². The molecular formula is C20H20ClN3O4S. The van der Waals surface area contributed by atoms with Crippen molar-refractivity contribution in [2.75, 3.05) is 18.2 Å². The molecule has 29 heavy (non-hydrogen) atoms. The van der Waals surface area contributed by atoms with Crippen LogP contribution in [0.4, 0.5) is 5.69 Å². The Labute approximate surface area is 174 Å². The highest BCUT2D eigenvalue weighted by Crippen LogP contribution is 2.25. The molecule has 0 aliphatic carbocycles. The number of nitrogens with zero attached hydrogens (tertiary/aromatic N) is 2. The number of hydrogen-bond donors (Lipinski definition) is 1. The van der Waals surface area contributed by atoms with Crippen LogP contribution in [0.25, 0.3) is 11.4 Å². The third-order valence-corrected chi connectivity index (χ3v) is 5.44. The molecule has 0 aliphatic heterocycles. The highest BCUT2D eigenvalue weighted by atomic mass is 35.5. The number of ether oxygens (including phenoxy) is 1. The van der Waals surface area contributed by atoms with Crippen LogP contribution in [0, 0.1) is 0 Å². The van der Waals surface area contributed by atoms with Crippen LogP contribution in [-0.4, -0.2) is 36.7 Å². The number of pyridine rings is 1. The van der Waals surface area contributed by atoms with Crippen LogP contribution in [0.15, 0.2) is 53.7 Å². The maximum absolute atomic E-state index is 12.7. The van der Waals surface area contributed by atoms with E-state index < -0.39 is 9.84 Å². The lowest BCUT2D eigenvalue weighted by molar-refractivity contribution is 0.102. The van der Waals surface area contributed by atoms with Gasteiger partial charge in [-0.15, -0.1) is 0 Å².